The van der Waals surface area contributed by atoms with Crippen LogP contribution in [0.3, 0.4) is 0 Å². The number of aliphatic hydroxyl groups excluding tert-OH is 1. The van der Waals surface area contributed by atoms with Gasteiger partial charge in [0, 0.05) is 18.9 Å². The number of rotatable bonds is 7. The summed E-state index contributed by atoms with van der Waals surface area (Å²) in [6, 6.07) is 0. The molecule has 1 aliphatic rings. The normalized spacial score (nSPS) is 28.8. The third kappa shape index (κ3) is 3.41. The Morgan fingerprint density at radius 3 is 2.40 bits per heavy atom. The first-order chi connectivity index (χ1) is 7.09. The summed E-state index contributed by atoms with van der Waals surface area (Å²) in [5.74, 6) is 0. The molecule has 4 nitrogen and oxygen atoms in total. The van der Waals surface area contributed by atoms with Crippen LogP contribution in [0.5, 0.6) is 0 Å². The van der Waals surface area contributed by atoms with Crippen LogP contribution in [-0.2, 0) is 14.2 Å². The van der Waals surface area contributed by atoms with E-state index in [1.165, 1.54) is 0 Å². The standard InChI is InChI=1S/C11H22O4/c1-11(2)9(12)8-10(11)15-7-6-14-5-4-13-3/h9-10,12H,4-8H2,1-3H3. The summed E-state index contributed by atoms with van der Waals surface area (Å²) in [6.45, 7) is 6.45. The molecule has 1 aliphatic carbocycles. The van der Waals surface area contributed by atoms with Gasteiger partial charge in [-0.25, -0.2) is 0 Å². The van der Waals surface area contributed by atoms with Gasteiger partial charge in [-0.15, -0.1) is 0 Å². The number of ether oxygens (including phenoxy) is 3. The molecule has 1 rings (SSSR count). The summed E-state index contributed by atoms with van der Waals surface area (Å²) in [7, 11) is 1.65. The highest BCUT2D eigenvalue weighted by Crippen LogP contribution is 2.42. The van der Waals surface area contributed by atoms with Crippen LogP contribution in [0.2, 0.25) is 0 Å². The van der Waals surface area contributed by atoms with E-state index in [-0.39, 0.29) is 17.6 Å². The molecule has 0 aromatic heterocycles. The SMILES string of the molecule is COCCOCCOC1CC(O)C1(C)C. The summed E-state index contributed by atoms with van der Waals surface area (Å²) in [5.41, 5.74) is -0.105. The monoisotopic (exact) mass is 218 g/mol. The van der Waals surface area contributed by atoms with Gasteiger partial charge in [0.1, 0.15) is 0 Å². The Morgan fingerprint density at radius 1 is 1.20 bits per heavy atom. The molecular weight excluding hydrogens is 196 g/mol. The van der Waals surface area contributed by atoms with Crippen LogP contribution in [0.4, 0.5) is 0 Å². The van der Waals surface area contributed by atoms with Gasteiger partial charge < -0.3 is 19.3 Å². The maximum atomic E-state index is 9.49. The molecule has 1 N–H and O–H groups in total. The zero-order valence-electron chi connectivity index (χ0n) is 9.86. The van der Waals surface area contributed by atoms with Gasteiger partial charge in [-0.2, -0.15) is 0 Å². The molecule has 90 valence electrons. The van der Waals surface area contributed by atoms with Crippen LogP contribution in [0.25, 0.3) is 0 Å². The van der Waals surface area contributed by atoms with E-state index >= 15 is 0 Å². The van der Waals surface area contributed by atoms with E-state index in [1.54, 1.807) is 7.11 Å². The van der Waals surface area contributed by atoms with Gasteiger partial charge in [0.05, 0.1) is 38.6 Å². The van der Waals surface area contributed by atoms with Gasteiger partial charge in [0.25, 0.3) is 0 Å². The van der Waals surface area contributed by atoms with Crippen LogP contribution in [0.15, 0.2) is 0 Å². The maximum absolute atomic E-state index is 9.49. The van der Waals surface area contributed by atoms with Crippen molar-refractivity contribution in [2.45, 2.75) is 32.5 Å². The summed E-state index contributed by atoms with van der Waals surface area (Å²) in [5, 5.41) is 9.49. The molecular formula is C11H22O4. The Balaban J connectivity index is 1.97. The first-order valence-electron chi connectivity index (χ1n) is 5.45. The van der Waals surface area contributed by atoms with Crippen molar-refractivity contribution in [3.63, 3.8) is 0 Å². The number of methoxy groups -OCH3 is 1. The molecule has 2 atom stereocenters. The zero-order valence-corrected chi connectivity index (χ0v) is 9.86. The molecule has 1 saturated carbocycles. The smallest absolute Gasteiger partial charge is 0.0704 e. The highest BCUT2D eigenvalue weighted by Gasteiger charge is 2.47. The van der Waals surface area contributed by atoms with E-state index in [1.807, 2.05) is 13.8 Å². The Hall–Kier alpha value is -0.160. The van der Waals surface area contributed by atoms with E-state index in [2.05, 4.69) is 0 Å². The molecule has 0 amide bonds. The first-order valence-corrected chi connectivity index (χ1v) is 5.45. The lowest BCUT2D eigenvalue weighted by molar-refractivity contribution is -0.179. The second-order valence-electron chi connectivity index (χ2n) is 4.54. The van der Waals surface area contributed by atoms with Crippen molar-refractivity contribution in [3.8, 4) is 0 Å². The van der Waals surface area contributed by atoms with Crippen molar-refractivity contribution in [3.05, 3.63) is 0 Å². The highest BCUT2D eigenvalue weighted by molar-refractivity contribution is 4.98. The molecule has 0 radical (unpaired) electrons. The molecule has 0 aromatic carbocycles. The second kappa shape index (κ2) is 5.80. The quantitative estimate of drug-likeness (QED) is 0.643. The Bertz CT molecular complexity index is 181. The molecule has 0 aliphatic heterocycles. The van der Waals surface area contributed by atoms with Gasteiger partial charge in [-0.1, -0.05) is 13.8 Å². The minimum absolute atomic E-state index is 0.105. The third-order valence-electron chi connectivity index (χ3n) is 3.10. The first kappa shape index (κ1) is 12.9. The zero-order chi connectivity index (χ0) is 11.3. The predicted octanol–water partition coefficient (Wildman–Crippen LogP) is 0.825. The molecule has 0 heterocycles. The molecule has 0 saturated heterocycles. The maximum Gasteiger partial charge on any atom is 0.0704 e. The van der Waals surface area contributed by atoms with Gasteiger partial charge >= 0.3 is 0 Å². The van der Waals surface area contributed by atoms with Crippen LogP contribution in [0.1, 0.15) is 20.3 Å². The third-order valence-corrected chi connectivity index (χ3v) is 3.10. The van der Waals surface area contributed by atoms with E-state index < -0.39 is 0 Å². The van der Waals surface area contributed by atoms with Gasteiger partial charge in [0.15, 0.2) is 0 Å². The fourth-order valence-corrected chi connectivity index (χ4v) is 1.64. The fraction of sp³-hybridized carbons (Fsp3) is 1.00. The minimum atomic E-state index is -0.225. The largest absolute Gasteiger partial charge is 0.392 e. The van der Waals surface area contributed by atoms with Gasteiger partial charge in [-0.05, 0) is 0 Å². The molecule has 0 aromatic rings. The number of hydrogen-bond acceptors (Lipinski definition) is 4. The van der Waals surface area contributed by atoms with E-state index in [0.717, 1.165) is 6.42 Å². The van der Waals surface area contributed by atoms with E-state index in [9.17, 15) is 5.11 Å². The lowest BCUT2D eigenvalue weighted by atomic mass is 9.66. The van der Waals surface area contributed by atoms with Crippen molar-refractivity contribution >= 4 is 0 Å². The Labute approximate surface area is 91.5 Å². The number of aliphatic hydroxyl groups is 1. The molecule has 15 heavy (non-hydrogen) atoms. The summed E-state index contributed by atoms with van der Waals surface area (Å²) in [6.07, 6.45) is 0.681. The Morgan fingerprint density at radius 2 is 1.87 bits per heavy atom. The van der Waals surface area contributed by atoms with Gasteiger partial charge in [0.2, 0.25) is 0 Å². The van der Waals surface area contributed by atoms with Crippen molar-refractivity contribution in [1.82, 2.24) is 0 Å². The van der Waals surface area contributed by atoms with Crippen molar-refractivity contribution in [1.29, 1.82) is 0 Å². The highest BCUT2D eigenvalue weighted by atomic mass is 16.5. The average molecular weight is 218 g/mol. The second-order valence-corrected chi connectivity index (χ2v) is 4.54. The average Bonchev–Trinajstić information content (AvgIpc) is 2.21. The van der Waals surface area contributed by atoms with Gasteiger partial charge in [-0.3, -0.25) is 0 Å². The van der Waals surface area contributed by atoms with Crippen molar-refractivity contribution < 1.29 is 19.3 Å². The lowest BCUT2D eigenvalue weighted by Gasteiger charge is -2.48. The van der Waals surface area contributed by atoms with Crippen LogP contribution < -0.4 is 0 Å². The van der Waals surface area contributed by atoms with Crippen LogP contribution in [0, 0.1) is 5.41 Å². The summed E-state index contributed by atoms with van der Waals surface area (Å²) >= 11 is 0. The molecule has 0 spiro atoms. The van der Waals surface area contributed by atoms with Crippen LogP contribution in [-0.4, -0.2) is 50.9 Å². The van der Waals surface area contributed by atoms with E-state index in [4.69, 9.17) is 14.2 Å². The van der Waals surface area contributed by atoms with Crippen molar-refractivity contribution in [2.75, 3.05) is 33.5 Å². The fourth-order valence-electron chi connectivity index (χ4n) is 1.64. The molecule has 2 unspecified atom stereocenters. The summed E-state index contributed by atoms with van der Waals surface area (Å²) < 4.78 is 15.7. The van der Waals surface area contributed by atoms with Crippen molar-refractivity contribution in [2.24, 2.45) is 5.41 Å². The molecule has 4 heteroatoms. The summed E-state index contributed by atoms with van der Waals surface area (Å²) in [4.78, 5) is 0. The minimum Gasteiger partial charge on any atom is -0.392 e. The molecule has 0 bridgehead atoms. The lowest BCUT2D eigenvalue weighted by Crippen LogP contribution is -2.54. The van der Waals surface area contributed by atoms with Crippen LogP contribution >= 0.6 is 0 Å². The Kier molecular flexibility index (Phi) is 4.99. The van der Waals surface area contributed by atoms with E-state index in [0.29, 0.717) is 26.4 Å². The molecule has 1 fully saturated rings. The topological polar surface area (TPSA) is 47.9 Å². The predicted molar refractivity (Wildman–Crippen MR) is 56.8 cm³/mol. The number of hydrogen-bond donors (Lipinski definition) is 1.